The molecule has 14 heteroatoms. The number of alkyl halides is 3. The highest BCUT2D eigenvalue weighted by Crippen LogP contribution is 2.29. The molecule has 1 aliphatic carbocycles. The lowest BCUT2D eigenvalue weighted by Crippen LogP contribution is -2.38. The molecule has 3 aromatic rings. The summed E-state index contributed by atoms with van der Waals surface area (Å²) in [4.78, 5) is 35.3. The number of ether oxygens (including phenoxy) is 1. The monoisotopic (exact) mass is 545 g/mol. The number of para-hydroxylation sites is 1. The molecule has 1 fully saturated rings. The lowest BCUT2D eigenvalue weighted by molar-refractivity contribution is -0.384. The van der Waals surface area contributed by atoms with Crippen LogP contribution in [0.1, 0.15) is 41.6 Å². The zero-order valence-corrected chi connectivity index (χ0v) is 20.6. The highest BCUT2D eigenvalue weighted by atomic mass is 19.4. The van der Waals surface area contributed by atoms with E-state index in [1.165, 1.54) is 18.2 Å². The fourth-order valence-corrected chi connectivity index (χ4v) is 4.30. The fraction of sp³-hybridized carbons (Fsp3) is 0.360. The predicted octanol–water partition coefficient (Wildman–Crippen LogP) is 4.69. The minimum atomic E-state index is -4.85. The molecule has 39 heavy (non-hydrogen) atoms. The maximum atomic E-state index is 12.7. The Morgan fingerprint density at radius 1 is 1.08 bits per heavy atom. The van der Waals surface area contributed by atoms with E-state index in [-0.39, 0.29) is 53.2 Å². The van der Waals surface area contributed by atoms with Gasteiger partial charge in [-0.1, -0.05) is 18.2 Å². The Morgan fingerprint density at radius 2 is 1.79 bits per heavy atom. The Bertz CT molecular complexity index is 1290. The average Bonchev–Trinajstić information content (AvgIpc) is 2.91. The van der Waals surface area contributed by atoms with Crippen LogP contribution in [0.3, 0.4) is 0 Å². The van der Waals surface area contributed by atoms with Crippen LogP contribution in [-0.2, 0) is 6.54 Å². The number of anilines is 2. The molecule has 0 atom stereocenters. The Labute approximate surface area is 221 Å². The molecule has 4 rings (SSSR count). The first-order valence-electron chi connectivity index (χ1n) is 12.2. The summed E-state index contributed by atoms with van der Waals surface area (Å²) >= 11 is 0. The number of halogens is 3. The number of carbonyl (C=O) groups excluding carboxylic acids is 1. The molecule has 0 bridgehead atoms. The molecule has 0 unspecified atom stereocenters. The maximum Gasteiger partial charge on any atom is 0.573 e. The molecule has 2 heterocycles. The van der Waals surface area contributed by atoms with Crippen molar-refractivity contribution in [3.05, 3.63) is 76.2 Å². The van der Waals surface area contributed by atoms with Gasteiger partial charge in [0, 0.05) is 42.7 Å². The van der Waals surface area contributed by atoms with Crippen LogP contribution < -0.4 is 20.7 Å². The number of rotatable bonds is 10. The van der Waals surface area contributed by atoms with E-state index in [4.69, 9.17) is 0 Å². The third kappa shape index (κ3) is 7.99. The van der Waals surface area contributed by atoms with Crippen LogP contribution in [0.5, 0.6) is 5.75 Å². The lowest BCUT2D eigenvalue weighted by Gasteiger charge is -2.29. The van der Waals surface area contributed by atoms with Gasteiger partial charge in [0.2, 0.25) is 11.8 Å². The normalized spacial score (nSPS) is 17.2. The molecule has 206 valence electrons. The second-order valence-corrected chi connectivity index (χ2v) is 9.00. The van der Waals surface area contributed by atoms with E-state index >= 15 is 0 Å². The van der Waals surface area contributed by atoms with Gasteiger partial charge in [0.25, 0.3) is 5.91 Å². The average molecular weight is 546 g/mol. The summed E-state index contributed by atoms with van der Waals surface area (Å²) in [7, 11) is 0. The molecule has 11 nitrogen and oxygen atoms in total. The second kappa shape index (κ2) is 12.4. The molecular weight excluding hydrogens is 519 g/mol. The Morgan fingerprint density at radius 3 is 2.49 bits per heavy atom. The quantitative estimate of drug-likeness (QED) is 0.244. The van der Waals surface area contributed by atoms with Gasteiger partial charge in [0.1, 0.15) is 11.9 Å². The standard InChI is InChI=1S/C25H26F3N7O4/c26-25(27,28)39-21-4-2-1-3-18(21)14-31-24-32-15-20(35(37)38)22(34-24)30-13-16-5-7-19(8-6-16)33-23(36)17-9-11-29-12-10-17/h1-4,9-12,15-16,19H,5-8,13-14H2,(H,33,36)(H2,30,31,32,34). The minimum absolute atomic E-state index is 0.00504. The molecule has 0 aliphatic heterocycles. The van der Waals surface area contributed by atoms with Gasteiger partial charge in [-0.15, -0.1) is 13.2 Å². The summed E-state index contributed by atoms with van der Waals surface area (Å²) < 4.78 is 42.1. The van der Waals surface area contributed by atoms with Gasteiger partial charge in [-0.25, -0.2) is 4.98 Å². The molecule has 1 amide bonds. The summed E-state index contributed by atoms with van der Waals surface area (Å²) in [5.74, 6) is -0.303. The van der Waals surface area contributed by atoms with Crippen molar-refractivity contribution in [1.29, 1.82) is 0 Å². The summed E-state index contributed by atoms with van der Waals surface area (Å²) in [5, 5.41) is 20.3. The second-order valence-electron chi connectivity index (χ2n) is 9.00. The predicted molar refractivity (Wildman–Crippen MR) is 135 cm³/mol. The van der Waals surface area contributed by atoms with Gasteiger partial charge in [-0.05, 0) is 49.8 Å². The van der Waals surface area contributed by atoms with Gasteiger partial charge >= 0.3 is 12.0 Å². The van der Waals surface area contributed by atoms with Crippen LogP contribution in [0.15, 0.2) is 55.0 Å². The van der Waals surface area contributed by atoms with E-state index in [0.29, 0.717) is 12.1 Å². The van der Waals surface area contributed by atoms with Gasteiger partial charge in [-0.2, -0.15) is 4.98 Å². The third-order valence-electron chi connectivity index (χ3n) is 6.28. The molecular formula is C25H26F3N7O4. The molecule has 1 aromatic carbocycles. The van der Waals surface area contributed by atoms with Crippen molar-refractivity contribution in [2.45, 2.75) is 44.6 Å². The first kappa shape index (κ1) is 27.5. The molecule has 0 saturated heterocycles. The number of hydrogen-bond donors (Lipinski definition) is 3. The highest BCUT2D eigenvalue weighted by Gasteiger charge is 2.32. The van der Waals surface area contributed by atoms with Crippen molar-refractivity contribution < 1.29 is 27.6 Å². The van der Waals surface area contributed by atoms with Gasteiger partial charge in [-0.3, -0.25) is 19.9 Å². The largest absolute Gasteiger partial charge is 0.573 e. The topological polar surface area (TPSA) is 144 Å². The van der Waals surface area contributed by atoms with E-state index in [9.17, 15) is 28.1 Å². The van der Waals surface area contributed by atoms with E-state index < -0.39 is 11.3 Å². The number of nitrogens with one attached hydrogen (secondary N) is 3. The van der Waals surface area contributed by atoms with Crippen molar-refractivity contribution in [2.75, 3.05) is 17.2 Å². The van der Waals surface area contributed by atoms with Gasteiger partial charge < -0.3 is 20.7 Å². The Balaban J connectivity index is 1.32. The van der Waals surface area contributed by atoms with Crippen LogP contribution in [0.4, 0.5) is 30.6 Å². The molecule has 0 radical (unpaired) electrons. The first-order valence-corrected chi connectivity index (χ1v) is 12.2. The number of hydrogen-bond acceptors (Lipinski definition) is 9. The van der Waals surface area contributed by atoms with Crippen molar-refractivity contribution in [3.8, 4) is 5.75 Å². The summed E-state index contributed by atoms with van der Waals surface area (Å²) in [6.07, 6.45) is 2.45. The molecule has 2 aromatic heterocycles. The number of nitro groups is 1. The summed E-state index contributed by atoms with van der Waals surface area (Å²) in [6, 6.07) is 8.95. The van der Waals surface area contributed by atoms with Crippen LogP contribution in [-0.4, -0.2) is 44.7 Å². The lowest BCUT2D eigenvalue weighted by atomic mass is 9.86. The van der Waals surface area contributed by atoms with Crippen LogP contribution in [0.25, 0.3) is 0 Å². The summed E-state index contributed by atoms with van der Waals surface area (Å²) in [6.45, 7) is 0.323. The number of carbonyl (C=O) groups is 1. The van der Waals surface area contributed by atoms with Crippen molar-refractivity contribution in [3.63, 3.8) is 0 Å². The molecule has 0 spiro atoms. The van der Waals surface area contributed by atoms with E-state index in [2.05, 4.69) is 35.6 Å². The van der Waals surface area contributed by atoms with Gasteiger partial charge in [0.15, 0.2) is 0 Å². The number of amides is 1. The number of aromatic nitrogens is 3. The fourth-order valence-electron chi connectivity index (χ4n) is 4.30. The first-order chi connectivity index (χ1) is 18.7. The van der Waals surface area contributed by atoms with Crippen LogP contribution in [0, 0.1) is 16.0 Å². The Kier molecular flexibility index (Phi) is 8.74. The van der Waals surface area contributed by atoms with Crippen molar-refractivity contribution in [2.24, 2.45) is 5.92 Å². The van der Waals surface area contributed by atoms with Crippen molar-refractivity contribution >= 4 is 23.4 Å². The zero-order valence-electron chi connectivity index (χ0n) is 20.6. The number of nitrogens with zero attached hydrogens (tertiary/aromatic N) is 4. The van der Waals surface area contributed by atoms with E-state index in [1.807, 2.05) is 0 Å². The highest BCUT2D eigenvalue weighted by molar-refractivity contribution is 5.94. The zero-order chi connectivity index (χ0) is 27.8. The van der Waals surface area contributed by atoms with Crippen LogP contribution in [0.2, 0.25) is 0 Å². The summed E-state index contributed by atoms with van der Waals surface area (Å²) in [5.41, 5.74) is 0.435. The smallest absolute Gasteiger partial charge is 0.405 e. The van der Waals surface area contributed by atoms with Gasteiger partial charge in [0.05, 0.1) is 4.92 Å². The van der Waals surface area contributed by atoms with E-state index in [0.717, 1.165) is 31.9 Å². The van der Waals surface area contributed by atoms with Crippen molar-refractivity contribution in [1.82, 2.24) is 20.3 Å². The molecule has 3 N–H and O–H groups in total. The number of pyridine rings is 1. The van der Waals surface area contributed by atoms with E-state index in [1.54, 1.807) is 30.6 Å². The number of benzene rings is 1. The molecule has 1 saturated carbocycles. The molecule has 1 aliphatic rings. The SMILES string of the molecule is O=C(NC1CCC(CNc2nc(NCc3ccccc3OC(F)(F)F)ncc2[N+](=O)[O-])CC1)c1ccncc1. The third-order valence-corrected chi connectivity index (χ3v) is 6.28. The Hall–Kier alpha value is -4.49. The van der Waals surface area contributed by atoms with Crippen LogP contribution >= 0.6 is 0 Å². The minimum Gasteiger partial charge on any atom is -0.405 e. The maximum absolute atomic E-state index is 12.7.